The molecule has 2 N–H and O–H groups in total. The van der Waals surface area contributed by atoms with Gasteiger partial charge in [-0.1, -0.05) is 0 Å². The lowest BCUT2D eigenvalue weighted by molar-refractivity contribution is -0.118. The number of amides is 2. The van der Waals surface area contributed by atoms with Gasteiger partial charge in [0.1, 0.15) is 18.2 Å². The number of cyclic esters (lactones) is 1. The van der Waals surface area contributed by atoms with Crippen molar-refractivity contribution >= 4 is 34.7 Å². The molecule has 1 aromatic carbocycles. The van der Waals surface area contributed by atoms with Crippen molar-refractivity contribution in [3.05, 3.63) is 40.7 Å². The zero-order valence-electron chi connectivity index (χ0n) is 18.5. The zero-order chi connectivity index (χ0) is 24.5. The Hall–Kier alpha value is -4.33. The summed E-state index contributed by atoms with van der Waals surface area (Å²) in [7, 11) is 1.52. The molecule has 2 aliphatic rings. The van der Waals surface area contributed by atoms with Crippen molar-refractivity contribution in [1.29, 1.82) is 0 Å². The van der Waals surface area contributed by atoms with Crippen LogP contribution in [0.4, 0.5) is 20.8 Å². The second-order valence-electron chi connectivity index (χ2n) is 7.79. The quantitative estimate of drug-likeness (QED) is 0.444. The monoisotopic (exact) mass is 485 g/mol. The molecule has 0 bridgehead atoms. The Kier molecular flexibility index (Phi) is 5.86. The van der Waals surface area contributed by atoms with Gasteiger partial charge in [-0.25, -0.2) is 24.1 Å². The summed E-state index contributed by atoms with van der Waals surface area (Å²) < 4.78 is 31.8. The molecule has 2 aliphatic heterocycles. The first kappa shape index (κ1) is 22.5. The number of nitrogens with zero attached hydrogens (tertiary/aromatic N) is 5. The van der Waals surface area contributed by atoms with Gasteiger partial charge in [0.25, 0.3) is 17.3 Å². The number of fused-ring (bicyclic) bond motifs is 2. The normalized spacial score (nSPS) is 17.1. The Morgan fingerprint density at radius 1 is 1.26 bits per heavy atom. The van der Waals surface area contributed by atoms with Gasteiger partial charge in [0.2, 0.25) is 0 Å². The number of aromatic nitrogens is 4. The topological polar surface area (TPSA) is 150 Å². The fourth-order valence-electron chi connectivity index (χ4n) is 3.71. The van der Waals surface area contributed by atoms with Crippen LogP contribution < -0.4 is 30.6 Å². The summed E-state index contributed by atoms with van der Waals surface area (Å²) in [5, 5.41) is 5.63. The lowest BCUT2D eigenvalue weighted by atomic mass is 10.2. The Morgan fingerprint density at radius 2 is 2.11 bits per heavy atom. The maximum Gasteiger partial charge on any atom is 0.416 e. The molecular weight excluding hydrogens is 465 g/mol. The van der Waals surface area contributed by atoms with E-state index in [1.54, 1.807) is 0 Å². The Labute approximate surface area is 196 Å². The van der Waals surface area contributed by atoms with E-state index in [9.17, 15) is 18.8 Å². The minimum atomic E-state index is -0.603. The second-order valence-corrected chi connectivity index (χ2v) is 7.79. The maximum absolute atomic E-state index is 14.4. The molecule has 14 heteroatoms. The Balaban J connectivity index is 1.15. The molecule has 0 aliphatic carbocycles. The molecule has 1 fully saturated rings. The van der Waals surface area contributed by atoms with Gasteiger partial charge >= 0.3 is 6.09 Å². The molecule has 2 aromatic heterocycles. The van der Waals surface area contributed by atoms with Crippen LogP contribution in [0.3, 0.4) is 0 Å². The predicted octanol–water partition coefficient (Wildman–Crippen LogP) is 0.187. The zero-order valence-corrected chi connectivity index (χ0v) is 18.5. The van der Waals surface area contributed by atoms with E-state index in [2.05, 4.69) is 25.6 Å². The van der Waals surface area contributed by atoms with Gasteiger partial charge in [-0.2, -0.15) is 0 Å². The first-order chi connectivity index (χ1) is 16.9. The van der Waals surface area contributed by atoms with Gasteiger partial charge in [0.05, 0.1) is 24.5 Å². The number of nitrogens with one attached hydrogen (secondary N) is 2. The smallest absolute Gasteiger partial charge is 0.416 e. The lowest BCUT2D eigenvalue weighted by Crippen LogP contribution is -2.33. The molecule has 2 amide bonds. The third kappa shape index (κ3) is 4.42. The van der Waals surface area contributed by atoms with Crippen LogP contribution in [0.2, 0.25) is 0 Å². The van der Waals surface area contributed by atoms with Crippen LogP contribution in [-0.4, -0.2) is 70.5 Å². The summed E-state index contributed by atoms with van der Waals surface area (Å²) in [6.07, 6.45) is 1.45. The van der Waals surface area contributed by atoms with E-state index < -0.39 is 18.0 Å². The van der Waals surface area contributed by atoms with E-state index >= 15 is 0 Å². The fraction of sp³-hybridized carbons (Fsp3) is 0.333. The minimum Gasteiger partial charge on any atom is -0.487 e. The molecule has 1 unspecified atom stereocenters. The van der Waals surface area contributed by atoms with Crippen LogP contribution in [0.1, 0.15) is 0 Å². The van der Waals surface area contributed by atoms with Gasteiger partial charge in [-0.3, -0.25) is 14.5 Å². The van der Waals surface area contributed by atoms with E-state index in [4.69, 9.17) is 14.2 Å². The number of rotatable bonds is 7. The number of anilines is 2. The molecule has 5 rings (SSSR count). The minimum absolute atomic E-state index is 0.0578. The molecule has 182 valence electrons. The Morgan fingerprint density at radius 3 is 2.97 bits per heavy atom. The van der Waals surface area contributed by atoms with Crippen molar-refractivity contribution in [2.75, 3.05) is 43.1 Å². The summed E-state index contributed by atoms with van der Waals surface area (Å²) in [5.41, 5.74) is 0.327. The number of hydrogen-bond donors (Lipinski definition) is 2. The number of aryl methyl sites for hydroxylation is 1. The largest absolute Gasteiger partial charge is 0.487 e. The highest BCUT2D eigenvalue weighted by Crippen LogP contribution is 2.28. The van der Waals surface area contributed by atoms with Crippen molar-refractivity contribution in [3.63, 3.8) is 0 Å². The van der Waals surface area contributed by atoms with Crippen molar-refractivity contribution in [1.82, 2.24) is 24.8 Å². The molecule has 13 nitrogen and oxygen atoms in total. The van der Waals surface area contributed by atoms with Crippen molar-refractivity contribution in [2.24, 2.45) is 7.05 Å². The molecular formula is C21H20FN7O6. The second kappa shape index (κ2) is 9.13. The molecule has 3 aromatic rings. The standard InChI is InChI=1S/C21H20FN7O6/c1-28-16(31)8-24-13-3-2-12(22)18(17(13)28)33-5-4-23-6-11-9-29(21(32)35-11)14-7-25-20-19(26-14)27-15(30)10-34-20/h2-3,7-8,11,23H,4-6,9-10H2,1H3,(H,26,27,30). The summed E-state index contributed by atoms with van der Waals surface area (Å²) in [5.74, 6) is -0.488. The molecule has 4 heterocycles. The SMILES string of the molecule is Cn1c(=O)cnc2ccc(F)c(OCCNCC3CN(c4cnc5c(n4)NC(=O)CO5)C(=O)O3)c21. The number of benzene rings is 1. The molecule has 1 saturated heterocycles. The summed E-state index contributed by atoms with van der Waals surface area (Å²) in [4.78, 5) is 49.3. The van der Waals surface area contributed by atoms with Crippen molar-refractivity contribution in [2.45, 2.75) is 6.10 Å². The molecule has 0 spiro atoms. The Bertz CT molecular complexity index is 1380. The number of halogens is 1. The number of ether oxygens (including phenoxy) is 3. The summed E-state index contributed by atoms with van der Waals surface area (Å²) in [6.45, 7) is 0.786. The average Bonchev–Trinajstić information content (AvgIpc) is 3.22. The highest BCUT2D eigenvalue weighted by atomic mass is 19.1. The van der Waals surface area contributed by atoms with Crippen LogP contribution >= 0.6 is 0 Å². The average molecular weight is 485 g/mol. The van der Waals surface area contributed by atoms with Crippen LogP contribution in [0.25, 0.3) is 11.0 Å². The fourth-order valence-corrected chi connectivity index (χ4v) is 3.71. The summed E-state index contributed by atoms with van der Waals surface area (Å²) >= 11 is 0. The van der Waals surface area contributed by atoms with Crippen molar-refractivity contribution in [3.8, 4) is 11.6 Å². The molecule has 0 radical (unpaired) electrons. The van der Waals surface area contributed by atoms with E-state index in [1.165, 1.54) is 34.8 Å². The van der Waals surface area contributed by atoms with E-state index in [1.807, 2.05) is 0 Å². The first-order valence-corrected chi connectivity index (χ1v) is 10.7. The lowest BCUT2D eigenvalue weighted by Gasteiger charge is -2.18. The van der Waals surface area contributed by atoms with E-state index in [-0.39, 0.29) is 60.0 Å². The molecule has 35 heavy (non-hydrogen) atoms. The van der Waals surface area contributed by atoms with Crippen LogP contribution in [0.15, 0.2) is 29.3 Å². The highest BCUT2D eigenvalue weighted by molar-refractivity contribution is 5.94. The third-order valence-corrected chi connectivity index (χ3v) is 5.41. The summed E-state index contributed by atoms with van der Waals surface area (Å²) in [6, 6.07) is 2.71. The number of hydrogen-bond acceptors (Lipinski definition) is 10. The predicted molar refractivity (Wildman–Crippen MR) is 119 cm³/mol. The third-order valence-electron chi connectivity index (χ3n) is 5.41. The van der Waals surface area contributed by atoms with Gasteiger partial charge < -0.3 is 29.4 Å². The van der Waals surface area contributed by atoms with E-state index in [0.717, 1.165) is 6.20 Å². The maximum atomic E-state index is 14.4. The van der Waals surface area contributed by atoms with Crippen LogP contribution in [0.5, 0.6) is 11.6 Å². The van der Waals surface area contributed by atoms with Gasteiger partial charge in [0.15, 0.2) is 29.8 Å². The number of carbonyl (C=O) groups excluding carboxylic acids is 2. The van der Waals surface area contributed by atoms with Gasteiger partial charge in [0, 0.05) is 20.1 Å². The molecule has 0 saturated carbocycles. The number of carbonyl (C=O) groups is 2. The van der Waals surface area contributed by atoms with Crippen LogP contribution in [0, 0.1) is 5.82 Å². The molecule has 1 atom stereocenters. The highest BCUT2D eigenvalue weighted by Gasteiger charge is 2.34. The van der Waals surface area contributed by atoms with Gasteiger partial charge in [-0.05, 0) is 12.1 Å². The van der Waals surface area contributed by atoms with Crippen LogP contribution in [-0.2, 0) is 16.6 Å². The van der Waals surface area contributed by atoms with Crippen molar-refractivity contribution < 1.29 is 28.2 Å². The first-order valence-electron chi connectivity index (χ1n) is 10.7. The van der Waals surface area contributed by atoms with E-state index in [0.29, 0.717) is 18.6 Å². The van der Waals surface area contributed by atoms with Gasteiger partial charge in [-0.15, -0.1) is 0 Å².